The van der Waals surface area contributed by atoms with Gasteiger partial charge in [0.1, 0.15) is 0 Å². The molecule has 1 fully saturated rings. The fraction of sp³-hybridized carbons (Fsp3) is 0.520. The van der Waals surface area contributed by atoms with Crippen LogP contribution in [-0.4, -0.2) is 52.0 Å². The number of piperidine rings is 1. The maximum absolute atomic E-state index is 13.2. The van der Waals surface area contributed by atoms with Crippen molar-refractivity contribution < 1.29 is 9.59 Å². The Balaban J connectivity index is 1.69. The third kappa shape index (κ3) is 4.21. The number of likely N-dealkylation sites (tertiary alicyclic amines) is 1. The number of hydrogen-bond donors (Lipinski definition) is 1. The van der Waals surface area contributed by atoms with Gasteiger partial charge >= 0.3 is 6.03 Å². The molecule has 1 saturated heterocycles. The van der Waals surface area contributed by atoms with Gasteiger partial charge in [-0.25, -0.2) is 4.79 Å². The Kier molecular flexibility index (Phi) is 6.08. The van der Waals surface area contributed by atoms with E-state index in [1.54, 1.807) is 0 Å². The average Bonchev–Trinajstić information content (AvgIpc) is 3.06. The van der Waals surface area contributed by atoms with E-state index in [-0.39, 0.29) is 18.0 Å². The number of aromatic nitrogens is 1. The molecule has 31 heavy (non-hydrogen) atoms. The molecular weight excluding hydrogens is 388 g/mol. The third-order valence-corrected chi connectivity index (χ3v) is 6.58. The molecule has 4 rings (SSSR count). The van der Waals surface area contributed by atoms with E-state index < -0.39 is 0 Å². The van der Waals surface area contributed by atoms with E-state index in [1.165, 1.54) is 5.69 Å². The van der Waals surface area contributed by atoms with Crippen LogP contribution in [0.4, 0.5) is 4.79 Å². The van der Waals surface area contributed by atoms with E-state index in [0.717, 1.165) is 60.9 Å². The van der Waals surface area contributed by atoms with Gasteiger partial charge in [0, 0.05) is 72.9 Å². The topological polar surface area (TPSA) is 57.6 Å². The second-order valence-corrected chi connectivity index (χ2v) is 9.31. The summed E-state index contributed by atoms with van der Waals surface area (Å²) in [4.78, 5) is 29.7. The number of rotatable bonds is 4. The minimum Gasteiger partial charge on any atom is -0.340 e. The highest BCUT2D eigenvalue weighted by atomic mass is 16.2. The predicted octanol–water partition coefficient (Wildman–Crippen LogP) is 4.18. The van der Waals surface area contributed by atoms with Crippen LogP contribution in [0.2, 0.25) is 0 Å². The van der Waals surface area contributed by atoms with E-state index in [0.29, 0.717) is 19.0 Å². The molecule has 0 radical (unpaired) electrons. The van der Waals surface area contributed by atoms with E-state index in [9.17, 15) is 9.59 Å². The first-order valence-electron chi connectivity index (χ1n) is 11.5. The summed E-state index contributed by atoms with van der Waals surface area (Å²) < 4.78 is 2.28. The zero-order valence-electron chi connectivity index (χ0n) is 19.0. The molecule has 1 aromatic heterocycles. The molecular formula is C25H34N4O2. The van der Waals surface area contributed by atoms with Crippen molar-refractivity contribution in [1.29, 1.82) is 0 Å². The number of carbonyl (C=O) groups is 2. The van der Waals surface area contributed by atoms with Gasteiger partial charge in [0.25, 0.3) is 5.91 Å². The number of urea groups is 1. The lowest BCUT2D eigenvalue weighted by atomic mass is 9.98. The van der Waals surface area contributed by atoms with Crippen molar-refractivity contribution in [1.82, 2.24) is 19.7 Å². The summed E-state index contributed by atoms with van der Waals surface area (Å²) in [5.74, 6) is 0.804. The number of carbonyl (C=O) groups excluding carboxylic acids is 2. The lowest BCUT2D eigenvalue weighted by Crippen LogP contribution is -2.45. The van der Waals surface area contributed by atoms with Crippen molar-refractivity contribution in [2.75, 3.05) is 19.6 Å². The first-order chi connectivity index (χ1) is 14.9. The summed E-state index contributed by atoms with van der Waals surface area (Å²) in [5, 5.41) is 4.08. The van der Waals surface area contributed by atoms with Gasteiger partial charge in [-0.3, -0.25) is 4.79 Å². The van der Waals surface area contributed by atoms with E-state index in [2.05, 4.69) is 29.5 Å². The highest BCUT2D eigenvalue weighted by Gasteiger charge is 2.28. The van der Waals surface area contributed by atoms with E-state index in [4.69, 9.17) is 0 Å². The van der Waals surface area contributed by atoms with Crippen molar-refractivity contribution in [3.05, 3.63) is 47.7 Å². The highest BCUT2D eigenvalue weighted by Crippen LogP contribution is 2.32. The molecule has 0 spiro atoms. The van der Waals surface area contributed by atoms with Crippen LogP contribution in [0.25, 0.3) is 10.9 Å². The summed E-state index contributed by atoms with van der Waals surface area (Å²) in [6.45, 7) is 13.8. The maximum atomic E-state index is 13.2. The Bertz CT molecular complexity index is 999. The Morgan fingerprint density at radius 3 is 2.61 bits per heavy atom. The van der Waals surface area contributed by atoms with Gasteiger partial charge in [-0.05, 0) is 50.8 Å². The molecule has 0 unspecified atom stereocenters. The van der Waals surface area contributed by atoms with E-state index >= 15 is 0 Å². The Morgan fingerprint density at radius 1 is 1.19 bits per heavy atom. The number of allylic oxidation sites excluding steroid dienone is 1. The molecule has 0 atom stereocenters. The lowest BCUT2D eigenvalue weighted by molar-refractivity contribution is 0.0697. The molecule has 1 aromatic carbocycles. The maximum Gasteiger partial charge on any atom is 0.317 e. The van der Waals surface area contributed by atoms with Gasteiger partial charge < -0.3 is 19.7 Å². The molecule has 0 aliphatic carbocycles. The number of amides is 3. The second kappa shape index (κ2) is 8.77. The minimum atomic E-state index is -0.0278. The van der Waals surface area contributed by atoms with Crippen LogP contribution in [0.5, 0.6) is 0 Å². The number of fused-ring (bicyclic) bond motifs is 3. The Labute approximate surface area is 184 Å². The lowest BCUT2D eigenvalue weighted by Gasteiger charge is -2.30. The third-order valence-electron chi connectivity index (χ3n) is 6.58. The molecule has 166 valence electrons. The molecule has 2 aliphatic heterocycles. The Morgan fingerprint density at radius 2 is 1.94 bits per heavy atom. The van der Waals surface area contributed by atoms with Gasteiger partial charge in [-0.1, -0.05) is 13.0 Å². The van der Waals surface area contributed by atoms with Gasteiger partial charge in [0.15, 0.2) is 0 Å². The molecule has 3 amide bonds. The number of nitrogens with zero attached hydrogens (tertiary/aromatic N) is 3. The van der Waals surface area contributed by atoms with Crippen LogP contribution >= 0.6 is 0 Å². The van der Waals surface area contributed by atoms with Crippen LogP contribution < -0.4 is 5.32 Å². The number of benzene rings is 1. The molecule has 2 aromatic rings. The first kappa shape index (κ1) is 21.5. The van der Waals surface area contributed by atoms with Crippen molar-refractivity contribution >= 4 is 22.8 Å². The fourth-order valence-corrected chi connectivity index (χ4v) is 4.83. The molecule has 0 bridgehead atoms. The molecule has 0 saturated carbocycles. The van der Waals surface area contributed by atoms with Gasteiger partial charge in [-0.15, -0.1) is 6.58 Å². The molecule has 6 nitrogen and oxygen atoms in total. The average molecular weight is 423 g/mol. The van der Waals surface area contributed by atoms with Crippen LogP contribution in [-0.2, 0) is 19.5 Å². The van der Waals surface area contributed by atoms with Crippen molar-refractivity contribution in [2.45, 2.75) is 59.2 Å². The number of nitrogens with one attached hydrogen (secondary N) is 1. The monoisotopic (exact) mass is 422 g/mol. The fourth-order valence-electron chi connectivity index (χ4n) is 4.83. The van der Waals surface area contributed by atoms with Crippen molar-refractivity contribution in [3.63, 3.8) is 0 Å². The summed E-state index contributed by atoms with van der Waals surface area (Å²) in [6, 6.07) is 6.14. The van der Waals surface area contributed by atoms with Crippen LogP contribution in [0.1, 0.15) is 55.2 Å². The number of hydrogen-bond acceptors (Lipinski definition) is 2. The smallest absolute Gasteiger partial charge is 0.317 e. The highest BCUT2D eigenvalue weighted by molar-refractivity contribution is 5.99. The van der Waals surface area contributed by atoms with Gasteiger partial charge in [0.2, 0.25) is 0 Å². The normalized spacial score (nSPS) is 17.2. The summed E-state index contributed by atoms with van der Waals surface area (Å²) in [6.07, 6.45) is 4.85. The van der Waals surface area contributed by atoms with Crippen molar-refractivity contribution in [3.8, 4) is 0 Å². The van der Waals surface area contributed by atoms with Crippen LogP contribution in [0, 0.1) is 5.92 Å². The summed E-state index contributed by atoms with van der Waals surface area (Å²) >= 11 is 0. The van der Waals surface area contributed by atoms with Gasteiger partial charge in [-0.2, -0.15) is 0 Å². The quantitative estimate of drug-likeness (QED) is 0.752. The molecule has 6 heteroatoms. The standard InChI is InChI=1S/C25H34N4O2/c1-5-11-29-22-7-6-19(24(30)27-12-8-18(4)9-13-27)15-20(22)21-16-28(14-10-23(21)29)25(31)26-17(2)3/h5-7,15,17-18H,1,8-14,16H2,2-4H3,(H,26,31). The minimum absolute atomic E-state index is 0.0278. The summed E-state index contributed by atoms with van der Waals surface area (Å²) in [5.41, 5.74) is 4.26. The van der Waals surface area contributed by atoms with Gasteiger partial charge in [0.05, 0.1) is 0 Å². The SMILES string of the molecule is C=CCn1c2c(c3cc(C(=O)N4CCC(C)CC4)ccc31)CN(C(=O)NC(C)C)CC2. The molecule has 2 aliphatic rings. The molecule has 3 heterocycles. The predicted molar refractivity (Wildman–Crippen MR) is 124 cm³/mol. The first-order valence-corrected chi connectivity index (χ1v) is 11.5. The largest absolute Gasteiger partial charge is 0.340 e. The zero-order valence-corrected chi connectivity index (χ0v) is 19.0. The second-order valence-electron chi connectivity index (χ2n) is 9.31. The van der Waals surface area contributed by atoms with Crippen molar-refractivity contribution in [2.24, 2.45) is 5.92 Å². The van der Waals surface area contributed by atoms with Crippen LogP contribution in [0.3, 0.4) is 0 Å². The molecule has 1 N–H and O–H groups in total. The Hall–Kier alpha value is -2.76. The van der Waals surface area contributed by atoms with E-state index in [1.807, 2.05) is 41.9 Å². The zero-order chi connectivity index (χ0) is 22.1. The van der Waals surface area contributed by atoms with Crippen LogP contribution in [0.15, 0.2) is 30.9 Å². The summed E-state index contributed by atoms with van der Waals surface area (Å²) in [7, 11) is 0.